The topological polar surface area (TPSA) is 12.0 Å². The summed E-state index contributed by atoms with van der Waals surface area (Å²) in [5, 5.41) is 3.41. The molecule has 1 saturated carbocycles. The first-order valence-electron chi connectivity index (χ1n) is 6.43. The van der Waals surface area contributed by atoms with Crippen LogP contribution in [0.15, 0.2) is 0 Å². The third-order valence-corrected chi connectivity index (χ3v) is 3.49. The van der Waals surface area contributed by atoms with Crippen molar-refractivity contribution < 1.29 is 0 Å². The Balaban J connectivity index is 2.10. The molecule has 1 nitrogen and oxygen atoms in total. The van der Waals surface area contributed by atoms with Crippen molar-refractivity contribution in [1.82, 2.24) is 5.32 Å². The van der Waals surface area contributed by atoms with E-state index >= 15 is 0 Å². The van der Waals surface area contributed by atoms with E-state index in [0.29, 0.717) is 0 Å². The fraction of sp³-hybridized carbons (Fsp3) is 1.00. The molecule has 0 radical (unpaired) electrons. The van der Waals surface area contributed by atoms with Crippen molar-refractivity contribution in [3.05, 3.63) is 0 Å². The van der Waals surface area contributed by atoms with E-state index < -0.39 is 0 Å². The van der Waals surface area contributed by atoms with E-state index in [2.05, 4.69) is 26.1 Å². The van der Waals surface area contributed by atoms with Crippen molar-refractivity contribution in [2.75, 3.05) is 13.1 Å². The van der Waals surface area contributed by atoms with E-state index in [1.807, 2.05) is 0 Å². The van der Waals surface area contributed by atoms with Crippen molar-refractivity contribution in [3.63, 3.8) is 0 Å². The van der Waals surface area contributed by atoms with E-state index in [9.17, 15) is 0 Å². The van der Waals surface area contributed by atoms with Gasteiger partial charge in [-0.15, -0.1) is 0 Å². The molecule has 0 saturated heterocycles. The lowest BCUT2D eigenvalue weighted by Crippen LogP contribution is -2.21. The van der Waals surface area contributed by atoms with E-state index in [1.165, 1.54) is 38.6 Å². The highest BCUT2D eigenvalue weighted by molar-refractivity contribution is 4.74. The Morgan fingerprint density at radius 1 is 1.07 bits per heavy atom. The lowest BCUT2D eigenvalue weighted by atomic mass is 9.75. The smallest absolute Gasteiger partial charge is 0.00489 e. The summed E-state index contributed by atoms with van der Waals surface area (Å²) < 4.78 is 0. The highest BCUT2D eigenvalue weighted by atomic mass is 14.8. The second kappa shape index (κ2) is 6.44. The van der Waals surface area contributed by atoms with Crippen LogP contribution in [0, 0.1) is 17.8 Å². The highest BCUT2D eigenvalue weighted by Gasteiger charge is 2.23. The second-order valence-corrected chi connectivity index (χ2v) is 5.28. The van der Waals surface area contributed by atoms with Crippen molar-refractivity contribution >= 4 is 0 Å². The molecule has 0 aromatic rings. The molecule has 1 heteroatoms. The van der Waals surface area contributed by atoms with Gasteiger partial charge in [0.2, 0.25) is 0 Å². The van der Waals surface area contributed by atoms with Gasteiger partial charge in [0, 0.05) is 0 Å². The van der Waals surface area contributed by atoms with E-state index in [0.717, 1.165) is 24.3 Å². The molecule has 0 heterocycles. The molecular weight excluding hydrogens is 170 g/mol. The summed E-state index contributed by atoms with van der Waals surface area (Å²) in [5.74, 6) is 2.97. The zero-order chi connectivity index (χ0) is 10.4. The van der Waals surface area contributed by atoms with Crippen LogP contribution in [0.4, 0.5) is 0 Å². The molecule has 0 aromatic heterocycles. The molecule has 14 heavy (non-hydrogen) atoms. The molecule has 0 bridgehead atoms. The number of hydrogen-bond donors (Lipinski definition) is 1. The number of rotatable bonds is 5. The fourth-order valence-electron chi connectivity index (χ4n) is 3.04. The molecule has 1 aliphatic rings. The van der Waals surface area contributed by atoms with Gasteiger partial charge in [-0.3, -0.25) is 0 Å². The van der Waals surface area contributed by atoms with Gasteiger partial charge in [0.05, 0.1) is 0 Å². The zero-order valence-corrected chi connectivity index (χ0v) is 10.2. The number of hydrogen-bond acceptors (Lipinski definition) is 1. The first-order valence-corrected chi connectivity index (χ1v) is 6.43. The van der Waals surface area contributed by atoms with Crippen LogP contribution in [-0.2, 0) is 0 Å². The van der Waals surface area contributed by atoms with Crippen molar-refractivity contribution in [1.29, 1.82) is 0 Å². The SMILES string of the molecule is CCNCCCC1CC(C)CC(C)C1. The Hall–Kier alpha value is -0.0400. The van der Waals surface area contributed by atoms with E-state index in [1.54, 1.807) is 0 Å². The van der Waals surface area contributed by atoms with Gasteiger partial charge >= 0.3 is 0 Å². The van der Waals surface area contributed by atoms with Gasteiger partial charge in [0.15, 0.2) is 0 Å². The summed E-state index contributed by atoms with van der Waals surface area (Å²) in [7, 11) is 0. The average Bonchev–Trinajstić information content (AvgIpc) is 2.11. The van der Waals surface area contributed by atoms with Crippen LogP contribution in [0.3, 0.4) is 0 Å². The Labute approximate surface area is 89.7 Å². The van der Waals surface area contributed by atoms with Gasteiger partial charge in [-0.2, -0.15) is 0 Å². The summed E-state index contributed by atoms with van der Waals surface area (Å²) in [6, 6.07) is 0. The maximum atomic E-state index is 3.41. The van der Waals surface area contributed by atoms with Crippen LogP contribution >= 0.6 is 0 Å². The van der Waals surface area contributed by atoms with Crippen LogP contribution in [0.5, 0.6) is 0 Å². The lowest BCUT2D eigenvalue weighted by molar-refractivity contribution is 0.207. The zero-order valence-electron chi connectivity index (χ0n) is 10.2. The summed E-state index contributed by atoms with van der Waals surface area (Å²) >= 11 is 0. The van der Waals surface area contributed by atoms with Gasteiger partial charge in [-0.05, 0) is 62.9 Å². The quantitative estimate of drug-likeness (QED) is 0.666. The van der Waals surface area contributed by atoms with Crippen LogP contribution in [0.2, 0.25) is 0 Å². The maximum Gasteiger partial charge on any atom is -0.00489 e. The largest absolute Gasteiger partial charge is 0.317 e. The maximum absolute atomic E-state index is 3.41. The average molecular weight is 197 g/mol. The Morgan fingerprint density at radius 3 is 2.29 bits per heavy atom. The monoisotopic (exact) mass is 197 g/mol. The second-order valence-electron chi connectivity index (χ2n) is 5.28. The van der Waals surface area contributed by atoms with Crippen molar-refractivity contribution in [2.24, 2.45) is 17.8 Å². The minimum atomic E-state index is 0.975. The standard InChI is InChI=1S/C13H27N/c1-4-14-7-5-6-13-9-11(2)8-12(3)10-13/h11-14H,4-10H2,1-3H3. The minimum Gasteiger partial charge on any atom is -0.317 e. The molecule has 84 valence electrons. The van der Waals surface area contributed by atoms with Gasteiger partial charge in [-0.1, -0.05) is 20.8 Å². The Kier molecular flexibility index (Phi) is 5.54. The molecule has 2 atom stereocenters. The van der Waals surface area contributed by atoms with E-state index in [4.69, 9.17) is 0 Å². The van der Waals surface area contributed by atoms with Crippen LogP contribution < -0.4 is 5.32 Å². The third-order valence-electron chi connectivity index (χ3n) is 3.49. The highest BCUT2D eigenvalue weighted by Crippen LogP contribution is 2.34. The summed E-state index contributed by atoms with van der Waals surface area (Å²) in [4.78, 5) is 0. The van der Waals surface area contributed by atoms with Gasteiger partial charge in [0.1, 0.15) is 0 Å². The first-order chi connectivity index (χ1) is 6.72. The van der Waals surface area contributed by atoms with Gasteiger partial charge in [-0.25, -0.2) is 0 Å². The lowest BCUT2D eigenvalue weighted by Gasteiger charge is -2.31. The Bertz CT molecular complexity index is 134. The molecule has 1 N–H and O–H groups in total. The van der Waals surface area contributed by atoms with E-state index in [-0.39, 0.29) is 0 Å². The summed E-state index contributed by atoms with van der Waals surface area (Å²) in [5.41, 5.74) is 0. The molecule has 2 unspecified atom stereocenters. The minimum absolute atomic E-state index is 0.975. The molecule has 1 fully saturated rings. The predicted molar refractivity (Wildman–Crippen MR) is 63.4 cm³/mol. The molecule has 0 spiro atoms. The fourth-order valence-corrected chi connectivity index (χ4v) is 3.04. The van der Waals surface area contributed by atoms with Gasteiger partial charge in [0.25, 0.3) is 0 Å². The van der Waals surface area contributed by atoms with Crippen LogP contribution in [0.25, 0.3) is 0 Å². The molecule has 1 aliphatic carbocycles. The normalized spacial score (nSPS) is 33.2. The first kappa shape index (κ1) is 12.0. The van der Waals surface area contributed by atoms with Crippen molar-refractivity contribution in [3.8, 4) is 0 Å². The van der Waals surface area contributed by atoms with Crippen LogP contribution in [-0.4, -0.2) is 13.1 Å². The van der Waals surface area contributed by atoms with Crippen LogP contribution in [0.1, 0.15) is 52.9 Å². The molecular formula is C13H27N. The third kappa shape index (κ3) is 4.45. The molecule has 0 amide bonds. The summed E-state index contributed by atoms with van der Waals surface area (Å²) in [6.07, 6.45) is 7.25. The molecule has 1 rings (SSSR count). The van der Waals surface area contributed by atoms with Gasteiger partial charge < -0.3 is 5.32 Å². The number of nitrogens with one attached hydrogen (secondary N) is 1. The predicted octanol–water partition coefficient (Wildman–Crippen LogP) is 3.45. The molecule has 0 aliphatic heterocycles. The Morgan fingerprint density at radius 2 is 1.71 bits per heavy atom. The van der Waals surface area contributed by atoms with Crippen molar-refractivity contribution in [2.45, 2.75) is 52.9 Å². The molecule has 0 aromatic carbocycles. The summed E-state index contributed by atoms with van der Waals surface area (Å²) in [6.45, 7) is 9.37.